The summed E-state index contributed by atoms with van der Waals surface area (Å²) in [4.78, 5) is 2.24. The van der Waals surface area contributed by atoms with Crippen LogP contribution in [-0.4, -0.2) is 6.61 Å². The van der Waals surface area contributed by atoms with Gasteiger partial charge in [-0.1, -0.05) is 75.8 Å². The van der Waals surface area contributed by atoms with Crippen LogP contribution in [0, 0.1) is 0 Å². The summed E-state index contributed by atoms with van der Waals surface area (Å²) in [5.41, 5.74) is 5.49. The third kappa shape index (κ3) is 5.64. The normalized spacial score (nSPS) is 10.4. The van der Waals surface area contributed by atoms with E-state index in [0.717, 1.165) is 47.0 Å². The molecule has 0 aliphatic rings. The highest BCUT2D eigenvalue weighted by Gasteiger charge is 2.12. The maximum atomic E-state index is 5.92. The second-order valence-corrected chi connectivity index (χ2v) is 7.33. The molecule has 0 fully saturated rings. The van der Waals surface area contributed by atoms with Crippen LogP contribution >= 0.6 is 0 Å². The largest absolute Gasteiger partial charge is 0.494 e. The highest BCUT2D eigenvalue weighted by Crippen LogP contribution is 2.35. The molecule has 0 aliphatic heterocycles. The molecule has 0 saturated heterocycles. The topological polar surface area (TPSA) is 12.5 Å². The standard InChI is InChI=1S/C28H31NO/c1-4-7-8-9-22-30-28-20-18-27(19-21-28)29(25-14-10-23(5-2)11-15-25)26-16-12-24(6-3)13-17-26/h5-6,10-21H,2-4,7-9,22H2,1H3. The van der Waals surface area contributed by atoms with E-state index < -0.39 is 0 Å². The Morgan fingerprint density at radius 3 is 1.57 bits per heavy atom. The number of ether oxygens (including phenoxy) is 1. The Kier molecular flexibility index (Phi) is 7.91. The number of anilines is 3. The highest BCUT2D eigenvalue weighted by molar-refractivity contribution is 5.77. The lowest BCUT2D eigenvalue weighted by Crippen LogP contribution is -2.10. The van der Waals surface area contributed by atoms with E-state index in [1.807, 2.05) is 12.2 Å². The predicted molar refractivity (Wildman–Crippen MR) is 131 cm³/mol. The summed E-state index contributed by atoms with van der Waals surface area (Å²) in [7, 11) is 0. The van der Waals surface area contributed by atoms with Gasteiger partial charge in [-0.25, -0.2) is 0 Å². The van der Waals surface area contributed by atoms with Gasteiger partial charge in [-0.3, -0.25) is 0 Å². The van der Waals surface area contributed by atoms with Crippen LogP contribution in [0.1, 0.15) is 43.7 Å². The van der Waals surface area contributed by atoms with E-state index in [2.05, 4.69) is 97.8 Å². The lowest BCUT2D eigenvalue weighted by molar-refractivity contribution is 0.305. The molecule has 0 atom stereocenters. The predicted octanol–water partition coefficient (Wildman–Crippen LogP) is 8.40. The van der Waals surface area contributed by atoms with Gasteiger partial charge < -0.3 is 9.64 Å². The van der Waals surface area contributed by atoms with Gasteiger partial charge in [0.1, 0.15) is 5.75 Å². The Balaban J connectivity index is 1.83. The van der Waals surface area contributed by atoms with Crippen LogP contribution in [0.25, 0.3) is 12.2 Å². The Morgan fingerprint density at radius 1 is 0.667 bits per heavy atom. The van der Waals surface area contributed by atoms with Crippen molar-refractivity contribution in [1.29, 1.82) is 0 Å². The second-order valence-electron chi connectivity index (χ2n) is 7.33. The molecule has 0 amide bonds. The first-order valence-electron chi connectivity index (χ1n) is 10.7. The Labute approximate surface area is 181 Å². The minimum atomic E-state index is 0.773. The molecule has 3 aromatic carbocycles. The van der Waals surface area contributed by atoms with Gasteiger partial charge in [-0.15, -0.1) is 0 Å². The molecule has 30 heavy (non-hydrogen) atoms. The zero-order chi connectivity index (χ0) is 21.2. The van der Waals surface area contributed by atoms with Crippen molar-refractivity contribution in [3.63, 3.8) is 0 Å². The van der Waals surface area contributed by atoms with Gasteiger partial charge in [-0.2, -0.15) is 0 Å². The number of unbranched alkanes of at least 4 members (excludes halogenated alkanes) is 3. The summed E-state index contributed by atoms with van der Waals surface area (Å²) in [5.74, 6) is 0.916. The average molecular weight is 398 g/mol. The summed E-state index contributed by atoms with van der Waals surface area (Å²) >= 11 is 0. The van der Waals surface area contributed by atoms with Crippen molar-refractivity contribution >= 4 is 29.2 Å². The summed E-state index contributed by atoms with van der Waals surface area (Å²) in [6, 6.07) is 25.2. The Hall–Kier alpha value is -3.26. The maximum Gasteiger partial charge on any atom is 0.119 e. The van der Waals surface area contributed by atoms with Crippen molar-refractivity contribution in [2.45, 2.75) is 32.6 Å². The van der Waals surface area contributed by atoms with Crippen molar-refractivity contribution < 1.29 is 4.74 Å². The zero-order valence-electron chi connectivity index (χ0n) is 17.9. The van der Waals surface area contributed by atoms with Crippen molar-refractivity contribution in [2.24, 2.45) is 0 Å². The minimum Gasteiger partial charge on any atom is -0.494 e. The van der Waals surface area contributed by atoms with E-state index in [9.17, 15) is 0 Å². The summed E-state index contributed by atoms with van der Waals surface area (Å²) in [6.07, 6.45) is 8.56. The summed E-state index contributed by atoms with van der Waals surface area (Å²) < 4.78 is 5.92. The molecular weight excluding hydrogens is 366 g/mol. The number of benzene rings is 3. The van der Waals surface area contributed by atoms with Gasteiger partial charge in [0.2, 0.25) is 0 Å². The van der Waals surface area contributed by atoms with Crippen molar-refractivity contribution in [2.75, 3.05) is 11.5 Å². The maximum absolute atomic E-state index is 5.92. The van der Waals surface area contributed by atoms with E-state index in [0.29, 0.717) is 0 Å². The zero-order valence-corrected chi connectivity index (χ0v) is 17.9. The molecule has 0 radical (unpaired) electrons. The Morgan fingerprint density at radius 2 is 1.13 bits per heavy atom. The van der Waals surface area contributed by atoms with E-state index in [-0.39, 0.29) is 0 Å². The average Bonchev–Trinajstić information content (AvgIpc) is 2.81. The monoisotopic (exact) mass is 397 g/mol. The van der Waals surface area contributed by atoms with Crippen LogP contribution in [0.5, 0.6) is 5.75 Å². The first-order chi connectivity index (χ1) is 14.7. The molecular formula is C28H31NO. The number of hydrogen-bond donors (Lipinski definition) is 0. The van der Waals surface area contributed by atoms with Gasteiger partial charge in [0.25, 0.3) is 0 Å². The first kappa shape index (κ1) is 21.4. The number of hydrogen-bond acceptors (Lipinski definition) is 2. The molecule has 3 aromatic rings. The second kappa shape index (κ2) is 11.1. The van der Waals surface area contributed by atoms with Crippen molar-refractivity contribution in [3.8, 4) is 5.75 Å². The lowest BCUT2D eigenvalue weighted by Gasteiger charge is -2.26. The van der Waals surface area contributed by atoms with Gasteiger partial charge in [-0.05, 0) is 66.1 Å². The fraction of sp³-hybridized carbons (Fsp3) is 0.214. The minimum absolute atomic E-state index is 0.773. The smallest absolute Gasteiger partial charge is 0.119 e. The molecule has 3 rings (SSSR count). The molecule has 0 bridgehead atoms. The van der Waals surface area contributed by atoms with Crippen LogP contribution in [0.3, 0.4) is 0 Å². The number of nitrogens with zero attached hydrogens (tertiary/aromatic N) is 1. The van der Waals surface area contributed by atoms with E-state index in [1.165, 1.54) is 19.3 Å². The van der Waals surface area contributed by atoms with Crippen LogP contribution < -0.4 is 9.64 Å². The fourth-order valence-corrected chi connectivity index (χ4v) is 3.38. The molecule has 2 heteroatoms. The molecule has 0 spiro atoms. The summed E-state index contributed by atoms with van der Waals surface area (Å²) in [5, 5.41) is 0. The van der Waals surface area contributed by atoms with Gasteiger partial charge in [0.05, 0.1) is 6.61 Å². The molecule has 154 valence electrons. The molecule has 0 aromatic heterocycles. The molecule has 0 unspecified atom stereocenters. The molecule has 0 N–H and O–H groups in total. The molecule has 0 saturated carbocycles. The van der Waals surface area contributed by atoms with Crippen molar-refractivity contribution in [1.82, 2.24) is 0 Å². The first-order valence-corrected chi connectivity index (χ1v) is 10.7. The Bertz CT molecular complexity index is 872. The van der Waals surface area contributed by atoms with E-state index in [4.69, 9.17) is 4.74 Å². The van der Waals surface area contributed by atoms with Crippen LogP contribution in [0.4, 0.5) is 17.1 Å². The van der Waals surface area contributed by atoms with Gasteiger partial charge >= 0.3 is 0 Å². The molecule has 2 nitrogen and oxygen atoms in total. The molecule has 0 heterocycles. The van der Waals surface area contributed by atoms with Crippen LogP contribution in [0.2, 0.25) is 0 Å². The highest BCUT2D eigenvalue weighted by atomic mass is 16.5. The third-order valence-electron chi connectivity index (χ3n) is 5.14. The van der Waals surface area contributed by atoms with E-state index in [1.54, 1.807) is 0 Å². The number of rotatable bonds is 11. The van der Waals surface area contributed by atoms with Crippen LogP contribution in [0.15, 0.2) is 86.0 Å². The van der Waals surface area contributed by atoms with Gasteiger partial charge in [0.15, 0.2) is 0 Å². The SMILES string of the molecule is C=Cc1ccc(N(c2ccc(C=C)cc2)c2ccc(OCCCCCC)cc2)cc1. The van der Waals surface area contributed by atoms with E-state index >= 15 is 0 Å². The third-order valence-corrected chi connectivity index (χ3v) is 5.14. The summed E-state index contributed by atoms with van der Waals surface area (Å²) in [6.45, 7) is 10.7. The van der Waals surface area contributed by atoms with Crippen molar-refractivity contribution in [3.05, 3.63) is 97.1 Å². The van der Waals surface area contributed by atoms with Crippen LogP contribution in [-0.2, 0) is 0 Å². The molecule has 0 aliphatic carbocycles. The quantitative estimate of drug-likeness (QED) is 0.301. The van der Waals surface area contributed by atoms with Gasteiger partial charge in [0, 0.05) is 17.1 Å². The lowest BCUT2D eigenvalue weighted by atomic mass is 10.1. The fourth-order valence-electron chi connectivity index (χ4n) is 3.38.